The lowest BCUT2D eigenvalue weighted by Gasteiger charge is -2.38. The Balaban J connectivity index is 2.00. The molecule has 0 bridgehead atoms. The van der Waals surface area contributed by atoms with Gasteiger partial charge < -0.3 is 14.8 Å². The van der Waals surface area contributed by atoms with Crippen LogP contribution in [-0.2, 0) is 14.3 Å². The Labute approximate surface area is 116 Å². The van der Waals surface area contributed by atoms with Crippen molar-refractivity contribution in [3.8, 4) is 0 Å². The molecule has 0 unspecified atom stereocenters. The lowest BCUT2D eigenvalue weighted by molar-refractivity contribution is -0.169. The lowest BCUT2D eigenvalue weighted by atomic mass is 9.74. The minimum Gasteiger partial charge on any atom is -0.460 e. The molecule has 0 aromatic heterocycles. The van der Waals surface area contributed by atoms with Gasteiger partial charge in [-0.15, -0.1) is 0 Å². The maximum absolute atomic E-state index is 12.3. The van der Waals surface area contributed by atoms with Gasteiger partial charge in [-0.05, 0) is 65.0 Å². The number of ether oxygens (including phenoxy) is 2. The highest BCUT2D eigenvalue weighted by Gasteiger charge is 2.39. The summed E-state index contributed by atoms with van der Waals surface area (Å²) < 4.78 is 11.1. The second-order valence-corrected chi connectivity index (χ2v) is 6.75. The molecule has 2 rings (SSSR count). The molecule has 2 aliphatic heterocycles. The number of carbonyl (C=O) groups excluding carboxylic acids is 1. The van der Waals surface area contributed by atoms with Crippen LogP contribution in [0.4, 0.5) is 0 Å². The molecule has 110 valence electrons. The fourth-order valence-electron chi connectivity index (χ4n) is 3.21. The molecule has 0 saturated carbocycles. The number of piperidine rings is 1. The van der Waals surface area contributed by atoms with Gasteiger partial charge in [0, 0.05) is 6.61 Å². The molecule has 0 amide bonds. The van der Waals surface area contributed by atoms with Crippen molar-refractivity contribution in [1.29, 1.82) is 0 Å². The molecule has 0 aromatic carbocycles. The summed E-state index contributed by atoms with van der Waals surface area (Å²) in [6.45, 7) is 9.24. The highest BCUT2D eigenvalue weighted by Crippen LogP contribution is 2.35. The summed E-state index contributed by atoms with van der Waals surface area (Å²) in [6, 6.07) is 0. The molecule has 0 spiro atoms. The smallest absolute Gasteiger partial charge is 0.312 e. The maximum Gasteiger partial charge on any atom is 0.312 e. The quantitative estimate of drug-likeness (QED) is 0.779. The monoisotopic (exact) mass is 269 g/mol. The van der Waals surface area contributed by atoms with Gasteiger partial charge in [0.1, 0.15) is 5.60 Å². The molecule has 0 radical (unpaired) electrons. The lowest BCUT2D eigenvalue weighted by Crippen LogP contribution is -2.43. The fourth-order valence-corrected chi connectivity index (χ4v) is 3.21. The van der Waals surface area contributed by atoms with Crippen LogP contribution in [0.25, 0.3) is 0 Å². The Hall–Kier alpha value is -0.610. The van der Waals surface area contributed by atoms with Crippen LogP contribution in [0.1, 0.15) is 40.0 Å². The van der Waals surface area contributed by atoms with Crippen molar-refractivity contribution in [2.45, 2.75) is 45.6 Å². The third-order valence-corrected chi connectivity index (χ3v) is 4.11. The molecule has 2 saturated heterocycles. The third-order valence-electron chi connectivity index (χ3n) is 4.11. The van der Waals surface area contributed by atoms with Crippen LogP contribution in [0.3, 0.4) is 0 Å². The molecule has 2 atom stereocenters. The highest BCUT2D eigenvalue weighted by molar-refractivity contribution is 5.73. The SMILES string of the molecule is CC(C)(C)OC(=O)[C@@H]1COCC[C@@H]1C1CCNCC1. The summed E-state index contributed by atoms with van der Waals surface area (Å²) >= 11 is 0. The van der Waals surface area contributed by atoms with E-state index in [-0.39, 0.29) is 11.9 Å². The van der Waals surface area contributed by atoms with Crippen LogP contribution in [0.5, 0.6) is 0 Å². The van der Waals surface area contributed by atoms with Crippen LogP contribution >= 0.6 is 0 Å². The number of hydrogen-bond donors (Lipinski definition) is 1. The normalized spacial score (nSPS) is 30.1. The second-order valence-electron chi connectivity index (χ2n) is 6.75. The van der Waals surface area contributed by atoms with Crippen LogP contribution in [-0.4, -0.2) is 37.9 Å². The third kappa shape index (κ3) is 4.18. The summed E-state index contributed by atoms with van der Waals surface area (Å²) in [6.07, 6.45) is 3.34. The van der Waals surface area contributed by atoms with Crippen molar-refractivity contribution < 1.29 is 14.3 Å². The first-order valence-electron chi connectivity index (χ1n) is 7.49. The summed E-state index contributed by atoms with van der Waals surface area (Å²) in [7, 11) is 0. The van der Waals surface area contributed by atoms with Crippen LogP contribution < -0.4 is 5.32 Å². The van der Waals surface area contributed by atoms with E-state index < -0.39 is 5.60 Å². The first-order chi connectivity index (χ1) is 8.97. The van der Waals surface area contributed by atoms with Gasteiger partial charge in [0.05, 0.1) is 12.5 Å². The van der Waals surface area contributed by atoms with E-state index in [1.165, 1.54) is 12.8 Å². The Morgan fingerprint density at radius 3 is 2.53 bits per heavy atom. The Bertz CT molecular complexity index is 305. The molecule has 4 heteroatoms. The first kappa shape index (κ1) is 14.8. The molecule has 2 fully saturated rings. The summed E-state index contributed by atoms with van der Waals surface area (Å²) in [5.74, 6) is 0.931. The molecule has 4 nitrogen and oxygen atoms in total. The highest BCUT2D eigenvalue weighted by atomic mass is 16.6. The van der Waals surface area contributed by atoms with E-state index in [2.05, 4.69) is 5.32 Å². The topological polar surface area (TPSA) is 47.6 Å². The van der Waals surface area contributed by atoms with Gasteiger partial charge >= 0.3 is 5.97 Å². The van der Waals surface area contributed by atoms with E-state index in [0.29, 0.717) is 18.4 Å². The molecule has 2 heterocycles. The van der Waals surface area contributed by atoms with Crippen LogP contribution in [0.15, 0.2) is 0 Å². The number of hydrogen-bond acceptors (Lipinski definition) is 4. The first-order valence-corrected chi connectivity index (χ1v) is 7.49. The summed E-state index contributed by atoms with van der Waals surface area (Å²) in [5.41, 5.74) is -0.410. The minimum atomic E-state index is -0.410. The average molecular weight is 269 g/mol. The summed E-state index contributed by atoms with van der Waals surface area (Å²) in [5, 5.41) is 3.39. The van der Waals surface area contributed by atoms with Crippen LogP contribution in [0, 0.1) is 17.8 Å². The van der Waals surface area contributed by atoms with Gasteiger partial charge in [0.2, 0.25) is 0 Å². The molecule has 19 heavy (non-hydrogen) atoms. The van der Waals surface area contributed by atoms with Crippen molar-refractivity contribution in [3.05, 3.63) is 0 Å². The van der Waals surface area contributed by atoms with Gasteiger partial charge in [-0.3, -0.25) is 4.79 Å². The number of rotatable bonds is 2. The van der Waals surface area contributed by atoms with Crippen molar-refractivity contribution in [2.75, 3.05) is 26.3 Å². The van der Waals surface area contributed by atoms with E-state index >= 15 is 0 Å². The fraction of sp³-hybridized carbons (Fsp3) is 0.933. The van der Waals surface area contributed by atoms with Crippen LogP contribution in [0.2, 0.25) is 0 Å². The Morgan fingerprint density at radius 2 is 1.89 bits per heavy atom. The average Bonchev–Trinajstić information content (AvgIpc) is 2.38. The second kappa shape index (κ2) is 6.23. The minimum absolute atomic E-state index is 0.0731. The zero-order valence-electron chi connectivity index (χ0n) is 12.4. The number of carbonyl (C=O) groups is 1. The Kier molecular flexibility index (Phi) is 4.85. The van der Waals surface area contributed by atoms with E-state index in [1.54, 1.807) is 0 Å². The van der Waals surface area contributed by atoms with E-state index in [1.807, 2.05) is 20.8 Å². The summed E-state index contributed by atoms with van der Waals surface area (Å²) in [4.78, 5) is 12.3. The molecule has 1 N–H and O–H groups in total. The molecular formula is C15H27NO3. The molecule has 0 aliphatic carbocycles. The van der Waals surface area contributed by atoms with E-state index in [9.17, 15) is 4.79 Å². The van der Waals surface area contributed by atoms with Gasteiger partial charge in [-0.25, -0.2) is 0 Å². The van der Waals surface area contributed by atoms with E-state index in [0.717, 1.165) is 26.1 Å². The number of esters is 1. The van der Waals surface area contributed by atoms with Gasteiger partial charge in [0.25, 0.3) is 0 Å². The van der Waals surface area contributed by atoms with Crippen molar-refractivity contribution in [2.24, 2.45) is 17.8 Å². The zero-order chi connectivity index (χ0) is 13.9. The maximum atomic E-state index is 12.3. The molecule has 0 aromatic rings. The van der Waals surface area contributed by atoms with Crippen molar-refractivity contribution >= 4 is 5.97 Å². The van der Waals surface area contributed by atoms with Crippen molar-refractivity contribution in [1.82, 2.24) is 5.32 Å². The molecular weight excluding hydrogens is 242 g/mol. The number of nitrogens with one attached hydrogen (secondary N) is 1. The van der Waals surface area contributed by atoms with Gasteiger partial charge in [-0.1, -0.05) is 0 Å². The van der Waals surface area contributed by atoms with E-state index in [4.69, 9.17) is 9.47 Å². The van der Waals surface area contributed by atoms with Gasteiger partial charge in [0.15, 0.2) is 0 Å². The van der Waals surface area contributed by atoms with Gasteiger partial charge in [-0.2, -0.15) is 0 Å². The molecule has 2 aliphatic rings. The Morgan fingerprint density at radius 1 is 1.21 bits per heavy atom. The standard InChI is InChI=1S/C15H27NO3/c1-15(2,3)19-14(17)13-10-18-9-6-12(13)11-4-7-16-8-5-11/h11-13,16H,4-10H2,1-3H3/t12-,13-/m1/s1. The van der Waals surface area contributed by atoms with Crippen molar-refractivity contribution in [3.63, 3.8) is 0 Å². The largest absolute Gasteiger partial charge is 0.460 e. The zero-order valence-corrected chi connectivity index (χ0v) is 12.4. The predicted molar refractivity (Wildman–Crippen MR) is 73.9 cm³/mol. The predicted octanol–water partition coefficient (Wildman–Crippen LogP) is 1.98.